The fourth-order valence-corrected chi connectivity index (χ4v) is 2.70. The number of aromatic nitrogens is 1. The van der Waals surface area contributed by atoms with E-state index >= 15 is 0 Å². The van der Waals surface area contributed by atoms with Crippen molar-refractivity contribution in [1.82, 2.24) is 9.47 Å². The summed E-state index contributed by atoms with van der Waals surface area (Å²) in [6, 6.07) is 5.87. The Kier molecular flexibility index (Phi) is 4.27. The number of nitrogens with two attached hydrogens (primary N) is 1. The molecule has 102 valence electrons. The van der Waals surface area contributed by atoms with Crippen LogP contribution in [0.4, 0.5) is 5.69 Å². The average Bonchev–Trinajstić information content (AvgIpc) is 3.03. The normalized spacial score (nSPS) is 10.6. The van der Waals surface area contributed by atoms with Crippen molar-refractivity contribution in [2.75, 3.05) is 19.3 Å². The van der Waals surface area contributed by atoms with Gasteiger partial charge in [0.1, 0.15) is 5.69 Å². The van der Waals surface area contributed by atoms with Crippen molar-refractivity contribution in [3.05, 3.63) is 40.3 Å². The highest BCUT2D eigenvalue weighted by Gasteiger charge is 2.16. The molecule has 0 unspecified atom stereocenters. The zero-order valence-corrected chi connectivity index (χ0v) is 12.1. The molecule has 0 aromatic carbocycles. The largest absolute Gasteiger partial charge is 0.397 e. The van der Waals surface area contributed by atoms with E-state index in [1.165, 1.54) is 4.88 Å². The first-order valence-corrected chi connectivity index (χ1v) is 7.23. The number of aryl methyl sites for hydroxylation is 1. The zero-order chi connectivity index (χ0) is 13.8. The number of carbonyl (C=O) groups is 1. The summed E-state index contributed by atoms with van der Waals surface area (Å²) in [5.41, 5.74) is 7.05. The number of rotatable bonds is 5. The summed E-state index contributed by atoms with van der Waals surface area (Å²) in [4.78, 5) is 15.4. The van der Waals surface area contributed by atoms with Crippen LogP contribution < -0.4 is 5.73 Å². The molecule has 2 aromatic rings. The molecule has 2 heterocycles. The Morgan fingerprint density at radius 3 is 2.95 bits per heavy atom. The quantitative estimate of drug-likeness (QED) is 0.912. The van der Waals surface area contributed by atoms with Gasteiger partial charge in [0.2, 0.25) is 0 Å². The van der Waals surface area contributed by atoms with Crippen molar-refractivity contribution >= 4 is 22.9 Å². The van der Waals surface area contributed by atoms with Crippen LogP contribution in [0.25, 0.3) is 0 Å². The van der Waals surface area contributed by atoms with Gasteiger partial charge in [-0.1, -0.05) is 6.07 Å². The smallest absolute Gasteiger partial charge is 0.270 e. The Labute approximate surface area is 117 Å². The molecule has 0 atom stereocenters. The fraction of sp³-hybridized carbons (Fsp3) is 0.357. The van der Waals surface area contributed by atoms with Crippen molar-refractivity contribution in [1.29, 1.82) is 0 Å². The van der Waals surface area contributed by atoms with Crippen LogP contribution in [0.2, 0.25) is 0 Å². The molecule has 0 spiro atoms. The molecule has 19 heavy (non-hydrogen) atoms. The molecular formula is C14H19N3OS. The predicted octanol–water partition coefficient (Wildman–Crippen LogP) is 2.47. The van der Waals surface area contributed by atoms with Crippen LogP contribution in [0, 0.1) is 0 Å². The number of nitrogens with zero attached hydrogens (tertiary/aromatic N) is 2. The first-order valence-electron chi connectivity index (χ1n) is 6.35. The molecule has 1 amide bonds. The molecular weight excluding hydrogens is 258 g/mol. The molecule has 0 aliphatic rings. The molecule has 0 aliphatic heterocycles. The number of likely N-dealkylation sites (N-methyl/N-ethyl adjacent to an activating group) is 1. The lowest BCUT2D eigenvalue weighted by Crippen LogP contribution is -2.30. The number of nitrogen functional groups attached to an aromatic ring is 1. The molecule has 2 N–H and O–H groups in total. The minimum atomic E-state index is 0.0232. The van der Waals surface area contributed by atoms with E-state index in [-0.39, 0.29) is 5.91 Å². The van der Waals surface area contributed by atoms with E-state index in [1.54, 1.807) is 28.5 Å². The van der Waals surface area contributed by atoms with Crippen molar-refractivity contribution in [3.8, 4) is 0 Å². The van der Waals surface area contributed by atoms with Gasteiger partial charge < -0.3 is 15.2 Å². The van der Waals surface area contributed by atoms with Gasteiger partial charge in [-0.25, -0.2) is 0 Å². The lowest BCUT2D eigenvalue weighted by molar-refractivity contribution is 0.0786. The lowest BCUT2D eigenvalue weighted by Gasteiger charge is -2.17. The monoisotopic (exact) mass is 277 g/mol. The second-order valence-electron chi connectivity index (χ2n) is 4.50. The minimum absolute atomic E-state index is 0.0232. The van der Waals surface area contributed by atoms with Crippen LogP contribution in [0.1, 0.15) is 22.3 Å². The molecule has 2 aromatic heterocycles. The first kappa shape index (κ1) is 13.7. The van der Waals surface area contributed by atoms with Crippen LogP contribution in [0.15, 0.2) is 29.8 Å². The Bertz CT molecular complexity index is 545. The van der Waals surface area contributed by atoms with Gasteiger partial charge in [-0.3, -0.25) is 4.79 Å². The Balaban J connectivity index is 2.02. The SMILES string of the molecule is CCn1cc(N)cc1C(=O)N(C)CCc1cccs1. The number of amides is 1. The predicted molar refractivity (Wildman–Crippen MR) is 79.5 cm³/mol. The van der Waals surface area contributed by atoms with E-state index in [4.69, 9.17) is 5.73 Å². The van der Waals surface area contributed by atoms with Gasteiger partial charge in [0.25, 0.3) is 5.91 Å². The van der Waals surface area contributed by atoms with Crippen molar-refractivity contribution < 1.29 is 4.79 Å². The van der Waals surface area contributed by atoms with Crippen LogP contribution in [0.5, 0.6) is 0 Å². The summed E-state index contributed by atoms with van der Waals surface area (Å²) in [5.74, 6) is 0.0232. The number of carbonyl (C=O) groups excluding carboxylic acids is 1. The third-order valence-corrected chi connectivity index (χ3v) is 4.03. The molecule has 0 fully saturated rings. The molecule has 0 bridgehead atoms. The van der Waals surface area contributed by atoms with E-state index in [2.05, 4.69) is 11.4 Å². The van der Waals surface area contributed by atoms with E-state index in [9.17, 15) is 4.79 Å². The molecule has 5 heteroatoms. The van der Waals surface area contributed by atoms with Crippen LogP contribution in [-0.4, -0.2) is 29.0 Å². The summed E-state index contributed by atoms with van der Waals surface area (Å²) in [6.07, 6.45) is 2.70. The number of thiophene rings is 1. The topological polar surface area (TPSA) is 51.3 Å². The zero-order valence-electron chi connectivity index (χ0n) is 11.3. The summed E-state index contributed by atoms with van der Waals surface area (Å²) >= 11 is 1.72. The van der Waals surface area contributed by atoms with Gasteiger partial charge in [0.15, 0.2) is 0 Å². The second-order valence-corrected chi connectivity index (χ2v) is 5.53. The minimum Gasteiger partial charge on any atom is -0.397 e. The van der Waals surface area contributed by atoms with Crippen LogP contribution in [0.3, 0.4) is 0 Å². The number of hydrogen-bond donors (Lipinski definition) is 1. The second kappa shape index (κ2) is 5.93. The maximum atomic E-state index is 12.4. The van der Waals surface area contributed by atoms with Crippen LogP contribution in [-0.2, 0) is 13.0 Å². The lowest BCUT2D eigenvalue weighted by atomic mass is 10.3. The number of hydrogen-bond acceptors (Lipinski definition) is 3. The van der Waals surface area contributed by atoms with Gasteiger partial charge in [-0.05, 0) is 30.9 Å². The third-order valence-electron chi connectivity index (χ3n) is 3.10. The summed E-state index contributed by atoms with van der Waals surface area (Å²) in [7, 11) is 1.83. The Morgan fingerprint density at radius 2 is 2.32 bits per heavy atom. The summed E-state index contributed by atoms with van der Waals surface area (Å²) in [5, 5.41) is 2.06. The van der Waals surface area contributed by atoms with Gasteiger partial charge in [0, 0.05) is 31.2 Å². The molecule has 2 rings (SSSR count). The molecule has 0 saturated heterocycles. The van der Waals surface area contributed by atoms with Crippen LogP contribution >= 0.6 is 11.3 Å². The van der Waals surface area contributed by atoms with E-state index in [0.29, 0.717) is 17.9 Å². The first-order chi connectivity index (χ1) is 9.11. The van der Waals surface area contributed by atoms with Gasteiger partial charge in [-0.15, -0.1) is 11.3 Å². The molecule has 4 nitrogen and oxygen atoms in total. The standard InChI is InChI=1S/C14H19N3OS/c1-3-17-10-11(15)9-13(17)14(18)16(2)7-6-12-5-4-8-19-12/h4-5,8-10H,3,6-7,15H2,1-2H3. The summed E-state index contributed by atoms with van der Waals surface area (Å²) in [6.45, 7) is 3.47. The van der Waals surface area contributed by atoms with Crippen molar-refractivity contribution in [3.63, 3.8) is 0 Å². The average molecular weight is 277 g/mol. The molecule has 0 aliphatic carbocycles. The van der Waals surface area contributed by atoms with Crippen molar-refractivity contribution in [2.45, 2.75) is 19.9 Å². The Hall–Kier alpha value is -1.75. The number of anilines is 1. The van der Waals surface area contributed by atoms with E-state index in [0.717, 1.165) is 13.0 Å². The van der Waals surface area contributed by atoms with E-state index < -0.39 is 0 Å². The fourth-order valence-electron chi connectivity index (χ4n) is 2.00. The highest BCUT2D eigenvalue weighted by Crippen LogP contribution is 2.14. The maximum absolute atomic E-state index is 12.4. The van der Waals surface area contributed by atoms with E-state index in [1.807, 2.05) is 24.6 Å². The van der Waals surface area contributed by atoms with Gasteiger partial charge in [0.05, 0.1) is 5.69 Å². The van der Waals surface area contributed by atoms with Crippen molar-refractivity contribution in [2.24, 2.45) is 0 Å². The molecule has 0 saturated carbocycles. The van der Waals surface area contributed by atoms with Gasteiger partial charge in [-0.2, -0.15) is 0 Å². The maximum Gasteiger partial charge on any atom is 0.270 e. The van der Waals surface area contributed by atoms with Gasteiger partial charge >= 0.3 is 0 Å². The highest BCUT2D eigenvalue weighted by molar-refractivity contribution is 7.09. The molecule has 0 radical (unpaired) electrons. The summed E-state index contributed by atoms with van der Waals surface area (Å²) < 4.78 is 1.89. The third kappa shape index (κ3) is 3.17. The Morgan fingerprint density at radius 1 is 1.53 bits per heavy atom. The highest BCUT2D eigenvalue weighted by atomic mass is 32.1.